The quantitative estimate of drug-likeness (QED) is 0.735. The third kappa shape index (κ3) is 4.49. The molecule has 28 heavy (non-hydrogen) atoms. The molecule has 1 heterocycles. The number of anilines is 1. The fourth-order valence-electron chi connectivity index (χ4n) is 3.12. The Kier molecular flexibility index (Phi) is 6.29. The number of nitrogens with zero attached hydrogens (tertiary/aromatic N) is 1. The highest BCUT2D eigenvalue weighted by molar-refractivity contribution is 7.89. The van der Waals surface area contributed by atoms with Gasteiger partial charge in [-0.1, -0.05) is 30.1 Å². The van der Waals surface area contributed by atoms with Crippen molar-refractivity contribution in [2.45, 2.75) is 24.7 Å². The number of hydrogen-bond donors (Lipinski definition) is 1. The van der Waals surface area contributed by atoms with Gasteiger partial charge in [0.15, 0.2) is 0 Å². The SMILES string of the molecule is C[C@H]1CCCN(S(=O)(=O)c2cc(C(=O)Nc3ccc(Cl)c(Cl)c3)ccc2F)C1. The molecule has 0 spiro atoms. The van der Waals surface area contributed by atoms with E-state index in [2.05, 4.69) is 5.32 Å². The van der Waals surface area contributed by atoms with Crippen LogP contribution in [0.4, 0.5) is 10.1 Å². The first-order valence-corrected chi connectivity index (χ1v) is 10.9. The second-order valence-corrected chi connectivity index (χ2v) is 9.56. The van der Waals surface area contributed by atoms with Crippen LogP contribution in [0, 0.1) is 11.7 Å². The maximum absolute atomic E-state index is 14.3. The van der Waals surface area contributed by atoms with Gasteiger partial charge in [0.05, 0.1) is 10.0 Å². The molecule has 0 radical (unpaired) electrons. The Morgan fingerprint density at radius 2 is 1.93 bits per heavy atom. The molecular formula is C19H19Cl2FN2O3S. The van der Waals surface area contributed by atoms with E-state index in [1.54, 1.807) is 6.07 Å². The highest BCUT2D eigenvalue weighted by Gasteiger charge is 2.31. The molecule has 1 N–H and O–H groups in total. The number of benzene rings is 2. The molecule has 3 rings (SSSR count). The van der Waals surface area contributed by atoms with Crippen LogP contribution in [0.5, 0.6) is 0 Å². The normalized spacial score (nSPS) is 18.1. The molecule has 150 valence electrons. The molecule has 0 saturated carbocycles. The van der Waals surface area contributed by atoms with E-state index in [0.29, 0.717) is 23.8 Å². The number of carbonyl (C=O) groups excluding carboxylic acids is 1. The fraction of sp³-hybridized carbons (Fsp3) is 0.316. The van der Waals surface area contributed by atoms with Crippen LogP contribution in [0.3, 0.4) is 0 Å². The van der Waals surface area contributed by atoms with E-state index in [-0.39, 0.29) is 16.5 Å². The largest absolute Gasteiger partial charge is 0.322 e. The molecule has 1 aliphatic heterocycles. The fourth-order valence-corrected chi connectivity index (χ4v) is 5.11. The Balaban J connectivity index is 1.88. The van der Waals surface area contributed by atoms with E-state index in [1.807, 2.05) is 6.92 Å². The molecule has 1 aliphatic rings. The van der Waals surface area contributed by atoms with E-state index in [4.69, 9.17) is 23.2 Å². The molecule has 0 unspecified atom stereocenters. The van der Waals surface area contributed by atoms with Crippen LogP contribution in [0.25, 0.3) is 0 Å². The summed E-state index contributed by atoms with van der Waals surface area (Å²) in [5.74, 6) is -1.26. The Bertz CT molecular complexity index is 1010. The average molecular weight is 445 g/mol. The molecule has 0 bridgehead atoms. The average Bonchev–Trinajstić information content (AvgIpc) is 2.65. The Morgan fingerprint density at radius 1 is 1.18 bits per heavy atom. The molecule has 1 amide bonds. The number of nitrogens with one attached hydrogen (secondary N) is 1. The van der Waals surface area contributed by atoms with Crippen LogP contribution in [0.1, 0.15) is 30.1 Å². The van der Waals surface area contributed by atoms with Crippen molar-refractivity contribution in [2.24, 2.45) is 5.92 Å². The molecule has 1 atom stereocenters. The summed E-state index contributed by atoms with van der Waals surface area (Å²) in [6, 6.07) is 7.85. The summed E-state index contributed by atoms with van der Waals surface area (Å²) in [5.41, 5.74) is 0.411. The van der Waals surface area contributed by atoms with Crippen LogP contribution in [0.2, 0.25) is 10.0 Å². The van der Waals surface area contributed by atoms with Gasteiger partial charge in [-0.15, -0.1) is 0 Å². The number of hydrogen-bond acceptors (Lipinski definition) is 3. The highest BCUT2D eigenvalue weighted by atomic mass is 35.5. The van der Waals surface area contributed by atoms with Crippen LogP contribution >= 0.6 is 23.2 Å². The topological polar surface area (TPSA) is 66.5 Å². The van der Waals surface area contributed by atoms with Crippen molar-refractivity contribution in [2.75, 3.05) is 18.4 Å². The number of halogens is 3. The van der Waals surface area contributed by atoms with E-state index in [0.717, 1.165) is 25.0 Å². The van der Waals surface area contributed by atoms with Crippen LogP contribution in [-0.4, -0.2) is 31.7 Å². The standard InChI is InChI=1S/C19H19Cl2FN2O3S/c1-12-3-2-8-24(11-12)28(26,27)18-9-13(4-7-17(18)22)19(25)23-14-5-6-15(20)16(21)10-14/h4-7,9-10,12H,2-3,8,11H2,1H3,(H,23,25)/t12-/m0/s1. The Hall–Kier alpha value is -1.67. The lowest BCUT2D eigenvalue weighted by Gasteiger charge is -2.30. The van der Waals surface area contributed by atoms with Gasteiger partial charge in [0, 0.05) is 24.3 Å². The summed E-state index contributed by atoms with van der Waals surface area (Å²) in [6.07, 6.45) is 1.65. The third-order valence-electron chi connectivity index (χ3n) is 4.61. The molecule has 1 saturated heterocycles. The number of rotatable bonds is 4. The zero-order chi connectivity index (χ0) is 20.5. The lowest BCUT2D eigenvalue weighted by molar-refractivity contribution is 0.102. The number of amides is 1. The van der Waals surface area contributed by atoms with Gasteiger partial charge in [0.1, 0.15) is 10.7 Å². The molecule has 0 aliphatic carbocycles. The molecule has 2 aromatic carbocycles. The number of piperidine rings is 1. The summed E-state index contributed by atoms with van der Waals surface area (Å²) in [7, 11) is -4.03. The van der Waals surface area contributed by atoms with Crippen molar-refractivity contribution >= 4 is 44.8 Å². The predicted molar refractivity (Wildman–Crippen MR) is 108 cm³/mol. The zero-order valence-corrected chi connectivity index (χ0v) is 17.4. The maximum Gasteiger partial charge on any atom is 0.255 e. The first-order valence-electron chi connectivity index (χ1n) is 8.74. The zero-order valence-electron chi connectivity index (χ0n) is 15.1. The van der Waals surface area contributed by atoms with Crippen molar-refractivity contribution in [1.29, 1.82) is 0 Å². The minimum absolute atomic E-state index is 0.0242. The van der Waals surface area contributed by atoms with Crippen LogP contribution < -0.4 is 5.32 Å². The summed E-state index contributed by atoms with van der Waals surface area (Å²) >= 11 is 11.8. The van der Waals surface area contributed by atoms with Crippen molar-refractivity contribution in [3.63, 3.8) is 0 Å². The van der Waals surface area contributed by atoms with Gasteiger partial charge < -0.3 is 5.32 Å². The summed E-state index contributed by atoms with van der Waals surface area (Å²) in [5, 5.41) is 3.20. The van der Waals surface area contributed by atoms with Crippen molar-refractivity contribution in [3.05, 3.63) is 57.8 Å². The Labute approximate surface area is 173 Å². The predicted octanol–water partition coefficient (Wildman–Crippen LogP) is 4.81. The summed E-state index contributed by atoms with van der Waals surface area (Å²) < 4.78 is 41.4. The Morgan fingerprint density at radius 3 is 2.61 bits per heavy atom. The summed E-state index contributed by atoms with van der Waals surface area (Å²) in [4.78, 5) is 12.0. The van der Waals surface area contributed by atoms with Gasteiger partial charge in [-0.2, -0.15) is 4.31 Å². The maximum atomic E-state index is 14.3. The highest BCUT2D eigenvalue weighted by Crippen LogP contribution is 2.27. The van der Waals surface area contributed by atoms with Crippen molar-refractivity contribution in [3.8, 4) is 0 Å². The molecule has 0 aromatic heterocycles. The second-order valence-electron chi connectivity index (χ2n) is 6.84. The first-order chi connectivity index (χ1) is 13.2. The van der Waals surface area contributed by atoms with Gasteiger partial charge in [-0.3, -0.25) is 4.79 Å². The molecular weight excluding hydrogens is 426 g/mol. The minimum Gasteiger partial charge on any atom is -0.322 e. The lowest BCUT2D eigenvalue weighted by atomic mass is 10.0. The summed E-state index contributed by atoms with van der Waals surface area (Å²) in [6.45, 7) is 2.63. The van der Waals surface area contributed by atoms with Gasteiger partial charge >= 0.3 is 0 Å². The molecule has 2 aromatic rings. The monoisotopic (exact) mass is 444 g/mol. The van der Waals surface area contributed by atoms with E-state index < -0.39 is 26.6 Å². The van der Waals surface area contributed by atoms with Crippen LogP contribution in [0.15, 0.2) is 41.3 Å². The smallest absolute Gasteiger partial charge is 0.255 e. The second kappa shape index (κ2) is 8.37. The lowest BCUT2D eigenvalue weighted by Crippen LogP contribution is -2.39. The van der Waals surface area contributed by atoms with E-state index >= 15 is 0 Å². The van der Waals surface area contributed by atoms with Gasteiger partial charge in [0.2, 0.25) is 10.0 Å². The van der Waals surface area contributed by atoms with Crippen LogP contribution in [-0.2, 0) is 10.0 Å². The molecule has 1 fully saturated rings. The number of carbonyl (C=O) groups is 1. The van der Waals surface area contributed by atoms with E-state index in [1.165, 1.54) is 22.5 Å². The first kappa shape index (κ1) is 21.0. The van der Waals surface area contributed by atoms with Crippen molar-refractivity contribution < 1.29 is 17.6 Å². The van der Waals surface area contributed by atoms with Gasteiger partial charge in [-0.25, -0.2) is 12.8 Å². The molecule has 5 nitrogen and oxygen atoms in total. The third-order valence-corrected chi connectivity index (χ3v) is 7.23. The van der Waals surface area contributed by atoms with E-state index in [9.17, 15) is 17.6 Å². The number of sulfonamides is 1. The molecule has 9 heteroatoms. The van der Waals surface area contributed by atoms with Crippen molar-refractivity contribution in [1.82, 2.24) is 4.31 Å². The van der Waals surface area contributed by atoms with Gasteiger partial charge in [-0.05, 0) is 55.2 Å². The van der Waals surface area contributed by atoms with Gasteiger partial charge in [0.25, 0.3) is 5.91 Å². The minimum atomic E-state index is -4.03.